The molecule has 3 aromatic carbocycles. The molecule has 4 rings (SSSR count). The van der Waals surface area contributed by atoms with Crippen LogP contribution in [0.25, 0.3) is 0 Å². The molecule has 7 heteroatoms. The lowest BCUT2D eigenvalue weighted by Crippen LogP contribution is -2.44. The Bertz CT molecular complexity index is 1110. The average molecular weight is 570 g/mol. The third kappa shape index (κ3) is 7.71. The highest BCUT2D eigenvalue weighted by molar-refractivity contribution is 5.85. The topological polar surface area (TPSA) is 101 Å². The highest BCUT2D eigenvalue weighted by Gasteiger charge is 2.41. The van der Waals surface area contributed by atoms with Crippen LogP contribution in [-0.4, -0.2) is 58.0 Å². The molecule has 1 heterocycles. The van der Waals surface area contributed by atoms with E-state index in [2.05, 4.69) is 4.90 Å². The zero-order valence-electron chi connectivity index (χ0n) is 23.7. The average Bonchev–Trinajstić information content (AvgIpc) is 2.99. The van der Waals surface area contributed by atoms with Gasteiger partial charge in [-0.3, -0.25) is 4.79 Å². The van der Waals surface area contributed by atoms with Gasteiger partial charge in [0.2, 0.25) is 0 Å². The third-order valence-corrected chi connectivity index (χ3v) is 8.11. The monoisotopic (exact) mass is 569 g/mol. The van der Waals surface area contributed by atoms with Crippen molar-refractivity contribution >= 4 is 18.4 Å². The van der Waals surface area contributed by atoms with Gasteiger partial charge in [-0.05, 0) is 87.3 Å². The van der Waals surface area contributed by atoms with E-state index >= 15 is 0 Å². The number of aliphatic carboxylic acids is 1. The van der Waals surface area contributed by atoms with Gasteiger partial charge in [-0.25, -0.2) is 0 Å². The number of piperidine rings is 1. The molecule has 1 saturated heterocycles. The van der Waals surface area contributed by atoms with Gasteiger partial charge in [0.15, 0.2) is 0 Å². The number of rotatable bonds is 10. The lowest BCUT2D eigenvalue weighted by Gasteiger charge is -2.42. The molecule has 0 radical (unpaired) electrons. The van der Waals surface area contributed by atoms with Crippen LogP contribution in [-0.2, 0) is 15.8 Å². The van der Waals surface area contributed by atoms with Gasteiger partial charge in [-0.2, -0.15) is 0 Å². The summed E-state index contributed by atoms with van der Waals surface area (Å²) >= 11 is 0. The summed E-state index contributed by atoms with van der Waals surface area (Å²) in [6.45, 7) is 6.11. The van der Waals surface area contributed by atoms with Crippen molar-refractivity contribution < 1.29 is 25.2 Å². The summed E-state index contributed by atoms with van der Waals surface area (Å²) in [5, 5.41) is 39.2. The van der Waals surface area contributed by atoms with Crippen LogP contribution >= 0.6 is 12.4 Å². The fourth-order valence-electron chi connectivity index (χ4n) is 5.52. The van der Waals surface area contributed by atoms with Gasteiger partial charge in [0.05, 0.1) is 11.5 Å². The number of carboxylic acids is 1. The number of hydrogen-bond acceptors (Lipinski definition) is 5. The number of aliphatic hydroxyl groups excluding tert-OH is 2. The first-order valence-corrected chi connectivity index (χ1v) is 13.8. The molecule has 0 bridgehead atoms. The van der Waals surface area contributed by atoms with E-state index in [4.69, 9.17) is 5.11 Å². The molecule has 0 spiro atoms. The van der Waals surface area contributed by atoms with Gasteiger partial charge in [-0.1, -0.05) is 84.9 Å². The second kappa shape index (κ2) is 15.3. The van der Waals surface area contributed by atoms with Crippen LogP contribution in [0.5, 0.6) is 0 Å². The molecule has 40 heavy (non-hydrogen) atoms. The van der Waals surface area contributed by atoms with Gasteiger partial charge < -0.3 is 25.3 Å². The number of likely N-dealkylation sites (tertiary alicyclic amines) is 1. The SMILES string of the molecule is CC(C)(C(=O)O)c1ccc(C(O)CCCN2CCC(C(O)(c3ccccc3)c3ccccc3)CC2)cc1.CO.Cl. The molecule has 0 aromatic heterocycles. The van der Waals surface area contributed by atoms with Crippen molar-refractivity contribution in [3.05, 3.63) is 107 Å². The van der Waals surface area contributed by atoms with Gasteiger partial charge in [0, 0.05) is 7.11 Å². The van der Waals surface area contributed by atoms with E-state index in [0.29, 0.717) is 6.42 Å². The molecule has 1 aliphatic rings. The van der Waals surface area contributed by atoms with Gasteiger partial charge in [0.1, 0.15) is 5.60 Å². The molecule has 1 aliphatic heterocycles. The number of hydrogen-bond donors (Lipinski definition) is 4. The summed E-state index contributed by atoms with van der Waals surface area (Å²) in [6, 6.07) is 27.3. The zero-order chi connectivity index (χ0) is 28.5. The maximum atomic E-state index is 12.1. The highest BCUT2D eigenvalue weighted by atomic mass is 35.5. The Kier molecular flexibility index (Phi) is 12.8. The van der Waals surface area contributed by atoms with E-state index in [1.807, 2.05) is 72.8 Å². The predicted molar refractivity (Wildman–Crippen MR) is 162 cm³/mol. The van der Waals surface area contributed by atoms with E-state index in [9.17, 15) is 20.1 Å². The smallest absolute Gasteiger partial charge is 0.313 e. The minimum Gasteiger partial charge on any atom is -0.481 e. The Morgan fingerprint density at radius 3 is 1.77 bits per heavy atom. The Morgan fingerprint density at radius 2 is 1.32 bits per heavy atom. The van der Waals surface area contributed by atoms with Crippen LogP contribution in [0.3, 0.4) is 0 Å². The zero-order valence-corrected chi connectivity index (χ0v) is 24.6. The summed E-state index contributed by atoms with van der Waals surface area (Å²) in [6.07, 6.45) is 2.77. The van der Waals surface area contributed by atoms with Crippen molar-refractivity contribution in [2.24, 2.45) is 5.92 Å². The number of carbonyl (C=O) groups is 1. The standard InChI is InChI=1S/C32H39NO4.CH4O.ClH/c1-31(2,30(35)36)25-17-15-24(16-18-25)29(34)14-9-21-33-22-19-28(20-23-33)32(37,26-10-5-3-6-11-26)27-12-7-4-8-13-27;1-2;/h3-8,10-13,15-18,28-29,34,37H,9,14,19-23H2,1-2H3,(H,35,36);2H,1H3;1H. The molecular weight excluding hydrogens is 526 g/mol. The first-order valence-electron chi connectivity index (χ1n) is 13.8. The second-order valence-electron chi connectivity index (χ2n) is 10.8. The van der Waals surface area contributed by atoms with E-state index in [-0.39, 0.29) is 18.3 Å². The number of nitrogens with zero attached hydrogens (tertiary/aromatic N) is 1. The van der Waals surface area contributed by atoms with Crippen LogP contribution in [0.1, 0.15) is 67.9 Å². The van der Waals surface area contributed by atoms with Crippen LogP contribution in [0.15, 0.2) is 84.9 Å². The lowest BCUT2D eigenvalue weighted by molar-refractivity contribution is -0.142. The van der Waals surface area contributed by atoms with Crippen LogP contribution in [0, 0.1) is 5.92 Å². The highest BCUT2D eigenvalue weighted by Crippen LogP contribution is 2.42. The number of carboxylic acid groups (broad SMARTS) is 1. The molecule has 0 amide bonds. The maximum Gasteiger partial charge on any atom is 0.313 e. The van der Waals surface area contributed by atoms with Crippen molar-refractivity contribution in [2.45, 2.75) is 56.7 Å². The van der Waals surface area contributed by atoms with Crippen molar-refractivity contribution in [3.63, 3.8) is 0 Å². The lowest BCUT2D eigenvalue weighted by atomic mass is 9.72. The van der Waals surface area contributed by atoms with Crippen LogP contribution < -0.4 is 0 Å². The van der Waals surface area contributed by atoms with Gasteiger partial charge >= 0.3 is 5.97 Å². The molecular formula is C33H44ClNO5. The number of benzene rings is 3. The summed E-state index contributed by atoms with van der Waals surface area (Å²) in [4.78, 5) is 13.9. The summed E-state index contributed by atoms with van der Waals surface area (Å²) in [7, 11) is 1.00. The van der Waals surface area contributed by atoms with Crippen molar-refractivity contribution in [1.29, 1.82) is 0 Å². The Balaban J connectivity index is 0.00000183. The molecule has 4 N–H and O–H groups in total. The molecule has 1 unspecified atom stereocenters. The quantitative estimate of drug-likeness (QED) is 0.256. The minimum absolute atomic E-state index is 0. The number of aliphatic hydroxyl groups is 3. The molecule has 6 nitrogen and oxygen atoms in total. The normalized spacial score (nSPS) is 15.3. The van der Waals surface area contributed by atoms with E-state index in [0.717, 1.165) is 68.3 Å². The Hall–Kier alpha value is -2.74. The molecule has 1 atom stereocenters. The molecule has 0 saturated carbocycles. The van der Waals surface area contributed by atoms with Crippen LogP contribution in [0.4, 0.5) is 0 Å². The van der Waals surface area contributed by atoms with Crippen molar-refractivity contribution in [3.8, 4) is 0 Å². The molecule has 3 aromatic rings. The fraction of sp³-hybridized carbons (Fsp3) is 0.424. The third-order valence-electron chi connectivity index (χ3n) is 8.11. The summed E-state index contributed by atoms with van der Waals surface area (Å²) in [5.41, 5.74) is 1.47. The molecule has 218 valence electrons. The van der Waals surface area contributed by atoms with E-state index < -0.39 is 23.1 Å². The minimum atomic E-state index is -1.01. The van der Waals surface area contributed by atoms with Crippen molar-refractivity contribution in [1.82, 2.24) is 4.90 Å². The fourth-order valence-corrected chi connectivity index (χ4v) is 5.52. The predicted octanol–water partition coefficient (Wildman–Crippen LogP) is 5.54. The van der Waals surface area contributed by atoms with E-state index in [1.54, 1.807) is 26.0 Å². The first-order chi connectivity index (χ1) is 18.7. The first kappa shape index (κ1) is 33.5. The Labute approximate surface area is 244 Å². The Morgan fingerprint density at radius 1 is 0.850 bits per heavy atom. The van der Waals surface area contributed by atoms with Crippen molar-refractivity contribution in [2.75, 3.05) is 26.7 Å². The second-order valence-corrected chi connectivity index (χ2v) is 10.8. The van der Waals surface area contributed by atoms with Gasteiger partial charge in [0.25, 0.3) is 0 Å². The maximum absolute atomic E-state index is 12.1. The van der Waals surface area contributed by atoms with Gasteiger partial charge in [-0.15, -0.1) is 12.4 Å². The summed E-state index contributed by atoms with van der Waals surface area (Å²) < 4.78 is 0. The summed E-state index contributed by atoms with van der Waals surface area (Å²) in [5.74, 6) is -0.733. The van der Waals surface area contributed by atoms with Crippen LogP contribution in [0.2, 0.25) is 0 Å². The van der Waals surface area contributed by atoms with E-state index in [1.165, 1.54) is 0 Å². The molecule has 1 fully saturated rings. The largest absolute Gasteiger partial charge is 0.481 e. The molecule has 0 aliphatic carbocycles. The number of halogens is 1.